The first-order valence-corrected chi connectivity index (χ1v) is 7.85. The highest BCUT2D eigenvalue weighted by molar-refractivity contribution is 5.55. The Morgan fingerprint density at radius 3 is 2.48 bits per heavy atom. The lowest BCUT2D eigenvalue weighted by Crippen LogP contribution is -2.26. The van der Waals surface area contributed by atoms with Gasteiger partial charge < -0.3 is 20.1 Å². The predicted octanol–water partition coefficient (Wildman–Crippen LogP) is 2.80. The number of hydrogen-bond acceptors (Lipinski definition) is 7. The number of halogens is 3. The Bertz CT molecular complexity index is 880. The maximum atomic E-state index is 12.5. The zero-order valence-corrected chi connectivity index (χ0v) is 13.8. The molecule has 0 unspecified atom stereocenters. The van der Waals surface area contributed by atoms with Gasteiger partial charge in [-0.1, -0.05) is 5.16 Å². The van der Waals surface area contributed by atoms with Gasteiger partial charge in [0.1, 0.15) is 5.75 Å². The van der Waals surface area contributed by atoms with Crippen molar-refractivity contribution in [3.63, 3.8) is 0 Å². The molecular formula is C17H15F3N4O3. The highest BCUT2D eigenvalue weighted by atomic mass is 19.4. The van der Waals surface area contributed by atoms with Crippen molar-refractivity contribution >= 4 is 0 Å². The van der Waals surface area contributed by atoms with Gasteiger partial charge in [-0.2, -0.15) is 18.2 Å². The second kappa shape index (κ2) is 7.72. The van der Waals surface area contributed by atoms with Crippen molar-refractivity contribution < 1.29 is 27.5 Å². The number of aliphatic hydroxyl groups excluding tert-OH is 1. The molecule has 1 aromatic carbocycles. The lowest BCUT2D eigenvalue weighted by Gasteiger charge is -2.08. The number of benzene rings is 1. The molecule has 2 heterocycles. The topological polar surface area (TPSA) is 107 Å². The third kappa shape index (κ3) is 4.80. The highest BCUT2D eigenvalue weighted by Gasteiger charge is 2.30. The van der Waals surface area contributed by atoms with Crippen molar-refractivity contribution in [2.24, 2.45) is 5.73 Å². The molecule has 0 aliphatic carbocycles. The largest absolute Gasteiger partial charge is 0.439 e. The Balaban J connectivity index is 1.67. The molecule has 0 fully saturated rings. The summed E-state index contributed by atoms with van der Waals surface area (Å²) >= 11 is 0. The van der Waals surface area contributed by atoms with E-state index >= 15 is 0 Å². The normalized spacial score (nSPS) is 12.8. The molecule has 3 rings (SSSR count). The summed E-state index contributed by atoms with van der Waals surface area (Å²) in [7, 11) is 0. The van der Waals surface area contributed by atoms with Crippen LogP contribution in [0.2, 0.25) is 0 Å². The molecular weight excluding hydrogens is 365 g/mol. The summed E-state index contributed by atoms with van der Waals surface area (Å²) in [5.41, 5.74) is 5.42. The molecule has 0 aliphatic heterocycles. The summed E-state index contributed by atoms with van der Waals surface area (Å²) in [5, 5.41) is 12.8. The lowest BCUT2D eigenvalue weighted by molar-refractivity contribution is -0.137. The number of aromatic nitrogens is 3. The van der Waals surface area contributed by atoms with E-state index in [1.807, 2.05) is 0 Å². The Morgan fingerprint density at radius 2 is 1.89 bits per heavy atom. The number of ether oxygens (including phenoxy) is 1. The van der Waals surface area contributed by atoms with E-state index in [0.29, 0.717) is 29.2 Å². The molecule has 1 atom stereocenters. The molecule has 7 nitrogen and oxygen atoms in total. The second-order valence-electron chi connectivity index (χ2n) is 5.67. The minimum atomic E-state index is -4.45. The predicted molar refractivity (Wildman–Crippen MR) is 87.8 cm³/mol. The van der Waals surface area contributed by atoms with Gasteiger partial charge in [0.05, 0.1) is 12.2 Å². The van der Waals surface area contributed by atoms with Gasteiger partial charge in [0.2, 0.25) is 17.6 Å². The van der Waals surface area contributed by atoms with Crippen LogP contribution in [-0.2, 0) is 12.6 Å². The maximum Gasteiger partial charge on any atom is 0.417 e. The van der Waals surface area contributed by atoms with E-state index in [-0.39, 0.29) is 18.9 Å². The van der Waals surface area contributed by atoms with Crippen LogP contribution in [0, 0.1) is 0 Å². The van der Waals surface area contributed by atoms with E-state index in [4.69, 9.17) is 20.1 Å². The molecule has 0 radical (unpaired) electrons. The van der Waals surface area contributed by atoms with Crippen LogP contribution in [0.15, 0.2) is 47.1 Å². The van der Waals surface area contributed by atoms with Gasteiger partial charge >= 0.3 is 6.18 Å². The van der Waals surface area contributed by atoms with Crippen LogP contribution in [0.5, 0.6) is 11.6 Å². The standard InChI is InChI=1S/C17H15F3N4O3/c18-17(19,20)11-3-6-14(22-8-11)26-13-4-1-10(2-5-13)16-23-15(27-24-16)7-12(21)9-25/h1-6,8,12,25H,7,9,21H2/t12-/m0/s1. The van der Waals surface area contributed by atoms with Crippen molar-refractivity contribution in [2.75, 3.05) is 6.61 Å². The average molecular weight is 380 g/mol. The molecule has 142 valence electrons. The fraction of sp³-hybridized carbons (Fsp3) is 0.235. The van der Waals surface area contributed by atoms with Crippen LogP contribution in [0.3, 0.4) is 0 Å². The molecule has 0 saturated carbocycles. The van der Waals surface area contributed by atoms with Crippen LogP contribution in [0.4, 0.5) is 13.2 Å². The lowest BCUT2D eigenvalue weighted by atomic mass is 10.2. The molecule has 10 heteroatoms. The van der Waals surface area contributed by atoms with Gasteiger partial charge in [-0.05, 0) is 30.3 Å². The SMILES string of the molecule is N[C@H](CO)Cc1nc(-c2ccc(Oc3ccc(C(F)(F)F)cn3)cc2)no1. The molecule has 27 heavy (non-hydrogen) atoms. The van der Waals surface area contributed by atoms with E-state index in [1.165, 1.54) is 0 Å². The van der Waals surface area contributed by atoms with E-state index in [9.17, 15) is 13.2 Å². The van der Waals surface area contributed by atoms with Gasteiger partial charge in [-0.3, -0.25) is 0 Å². The number of hydrogen-bond donors (Lipinski definition) is 2. The number of nitrogens with zero attached hydrogens (tertiary/aromatic N) is 3. The third-order valence-electron chi connectivity index (χ3n) is 3.54. The van der Waals surface area contributed by atoms with Crippen LogP contribution in [0.1, 0.15) is 11.5 Å². The third-order valence-corrected chi connectivity index (χ3v) is 3.54. The Morgan fingerprint density at radius 1 is 1.15 bits per heavy atom. The Hall–Kier alpha value is -2.98. The van der Waals surface area contributed by atoms with Crippen molar-refractivity contribution in [1.82, 2.24) is 15.1 Å². The van der Waals surface area contributed by atoms with Gasteiger partial charge in [0, 0.05) is 30.3 Å². The minimum absolute atomic E-state index is 0.0376. The van der Waals surface area contributed by atoms with E-state index in [2.05, 4.69) is 15.1 Å². The Kier molecular flexibility index (Phi) is 5.38. The number of alkyl halides is 3. The molecule has 0 spiro atoms. The fourth-order valence-corrected chi connectivity index (χ4v) is 2.15. The monoisotopic (exact) mass is 380 g/mol. The molecule has 0 bridgehead atoms. The zero-order chi connectivity index (χ0) is 19.4. The fourth-order valence-electron chi connectivity index (χ4n) is 2.15. The highest BCUT2D eigenvalue weighted by Crippen LogP contribution is 2.30. The number of nitrogens with two attached hydrogens (primary N) is 1. The molecule has 0 amide bonds. The summed E-state index contributed by atoms with van der Waals surface area (Å²) in [4.78, 5) is 7.83. The molecule has 3 aromatic rings. The second-order valence-corrected chi connectivity index (χ2v) is 5.67. The van der Waals surface area contributed by atoms with E-state index in [0.717, 1.165) is 12.1 Å². The van der Waals surface area contributed by atoms with Crippen LogP contribution >= 0.6 is 0 Å². The summed E-state index contributed by atoms with van der Waals surface area (Å²) in [5.74, 6) is 1.07. The van der Waals surface area contributed by atoms with Gasteiger partial charge in [-0.25, -0.2) is 4.98 Å². The Labute approximate surface area is 151 Å². The first kappa shape index (κ1) is 18.8. The van der Waals surface area contributed by atoms with Gasteiger partial charge in [0.25, 0.3) is 0 Å². The summed E-state index contributed by atoms with van der Waals surface area (Å²) in [6, 6.07) is 8.10. The van der Waals surface area contributed by atoms with E-state index in [1.54, 1.807) is 24.3 Å². The summed E-state index contributed by atoms with van der Waals surface area (Å²) in [6.07, 6.45) is -3.48. The van der Waals surface area contributed by atoms with Crippen molar-refractivity contribution in [2.45, 2.75) is 18.6 Å². The maximum absolute atomic E-state index is 12.5. The minimum Gasteiger partial charge on any atom is -0.439 e. The van der Waals surface area contributed by atoms with E-state index < -0.39 is 17.8 Å². The molecule has 3 N–H and O–H groups in total. The number of pyridine rings is 1. The van der Waals surface area contributed by atoms with Crippen LogP contribution < -0.4 is 10.5 Å². The van der Waals surface area contributed by atoms with Gasteiger partial charge in [0.15, 0.2) is 0 Å². The van der Waals surface area contributed by atoms with Crippen LogP contribution in [0.25, 0.3) is 11.4 Å². The smallest absolute Gasteiger partial charge is 0.417 e. The summed E-state index contributed by atoms with van der Waals surface area (Å²) < 4.78 is 48.1. The van der Waals surface area contributed by atoms with Crippen molar-refractivity contribution in [1.29, 1.82) is 0 Å². The molecule has 0 aliphatic rings. The average Bonchev–Trinajstić information content (AvgIpc) is 3.10. The number of rotatable bonds is 6. The zero-order valence-electron chi connectivity index (χ0n) is 13.8. The quantitative estimate of drug-likeness (QED) is 0.677. The first-order chi connectivity index (χ1) is 12.8. The number of aliphatic hydroxyl groups is 1. The summed E-state index contributed by atoms with van der Waals surface area (Å²) in [6.45, 7) is -0.193. The van der Waals surface area contributed by atoms with Crippen LogP contribution in [-0.4, -0.2) is 32.9 Å². The van der Waals surface area contributed by atoms with Gasteiger partial charge in [-0.15, -0.1) is 0 Å². The van der Waals surface area contributed by atoms with Crippen molar-refractivity contribution in [3.05, 3.63) is 54.0 Å². The molecule has 0 saturated heterocycles. The van der Waals surface area contributed by atoms with Crippen molar-refractivity contribution in [3.8, 4) is 23.0 Å². The molecule has 2 aromatic heterocycles. The first-order valence-electron chi connectivity index (χ1n) is 7.85.